The van der Waals surface area contributed by atoms with Gasteiger partial charge < -0.3 is 16.0 Å². The number of rotatable bonds is 3. The third-order valence-corrected chi connectivity index (χ3v) is 5.41. The molecule has 3 N–H and O–H groups in total. The predicted molar refractivity (Wildman–Crippen MR) is 85.6 cm³/mol. The summed E-state index contributed by atoms with van der Waals surface area (Å²) in [6.45, 7) is 3.43. The topological polar surface area (TPSA) is 78.7 Å². The Bertz CT molecular complexity index is 551. The zero-order valence-electron chi connectivity index (χ0n) is 12.6. The number of likely N-dealkylation sites (tertiary alicyclic amines) is 1. The first kappa shape index (κ1) is 15.3. The van der Waals surface area contributed by atoms with E-state index < -0.39 is 0 Å². The Balaban J connectivity index is 1.46. The Hall–Kier alpha value is -1.60. The van der Waals surface area contributed by atoms with E-state index in [1.54, 1.807) is 11.3 Å². The molecule has 0 saturated carbocycles. The molecule has 0 aromatic carbocycles. The van der Waals surface area contributed by atoms with Crippen LogP contribution in [0.2, 0.25) is 0 Å². The number of nitrogens with two attached hydrogens (primary N) is 1. The molecule has 2 aliphatic rings. The molecule has 7 heteroatoms. The smallest absolute Gasteiger partial charge is 0.317 e. The van der Waals surface area contributed by atoms with E-state index in [0.717, 1.165) is 38.9 Å². The van der Waals surface area contributed by atoms with Crippen LogP contribution in [0, 0.1) is 0 Å². The summed E-state index contributed by atoms with van der Waals surface area (Å²) in [7, 11) is 0. The van der Waals surface area contributed by atoms with E-state index in [4.69, 9.17) is 5.73 Å². The number of fused-ring (bicyclic) bond motifs is 1. The number of carbonyl (C=O) groups excluding carboxylic acids is 2. The molecule has 0 spiro atoms. The molecule has 0 bridgehead atoms. The number of carbonyl (C=O) groups is 2. The van der Waals surface area contributed by atoms with E-state index in [0.29, 0.717) is 13.1 Å². The summed E-state index contributed by atoms with van der Waals surface area (Å²) >= 11 is 1.78. The average Bonchev–Trinajstić information content (AvgIpc) is 2.96. The quantitative estimate of drug-likeness (QED) is 0.862. The standard InChI is InChI=1S/C15H22N4O2S/c16-14(20)10-18-5-1-12(2-6-18)17-15(21)19-7-3-13-11(9-19)4-8-22-13/h4,8,12H,1-3,5-7,9-10H2,(H2,16,20)(H,17,21). The van der Waals surface area contributed by atoms with Crippen LogP contribution in [0.5, 0.6) is 0 Å². The number of urea groups is 1. The van der Waals surface area contributed by atoms with Gasteiger partial charge in [-0.3, -0.25) is 9.69 Å². The number of nitrogens with zero attached hydrogens (tertiary/aromatic N) is 2. The summed E-state index contributed by atoms with van der Waals surface area (Å²) < 4.78 is 0. The van der Waals surface area contributed by atoms with Crippen LogP contribution < -0.4 is 11.1 Å². The summed E-state index contributed by atoms with van der Waals surface area (Å²) in [5.41, 5.74) is 6.49. The second-order valence-corrected chi connectivity index (χ2v) is 7.01. The lowest BCUT2D eigenvalue weighted by Crippen LogP contribution is -2.50. The lowest BCUT2D eigenvalue weighted by molar-refractivity contribution is -0.119. The summed E-state index contributed by atoms with van der Waals surface area (Å²) in [4.78, 5) is 28.6. The van der Waals surface area contributed by atoms with Gasteiger partial charge in [-0.1, -0.05) is 0 Å². The average molecular weight is 322 g/mol. The largest absolute Gasteiger partial charge is 0.369 e. The van der Waals surface area contributed by atoms with Crippen molar-refractivity contribution >= 4 is 23.3 Å². The van der Waals surface area contributed by atoms with Crippen molar-refractivity contribution in [2.75, 3.05) is 26.2 Å². The van der Waals surface area contributed by atoms with Gasteiger partial charge in [-0.2, -0.15) is 0 Å². The highest BCUT2D eigenvalue weighted by Crippen LogP contribution is 2.24. The first-order valence-electron chi connectivity index (χ1n) is 7.73. The molecule has 22 heavy (non-hydrogen) atoms. The molecule has 2 aliphatic heterocycles. The fraction of sp³-hybridized carbons (Fsp3) is 0.600. The van der Waals surface area contributed by atoms with E-state index in [9.17, 15) is 9.59 Å². The molecule has 0 atom stereocenters. The number of hydrogen-bond acceptors (Lipinski definition) is 4. The molecule has 1 aromatic rings. The van der Waals surface area contributed by atoms with E-state index in [1.165, 1.54) is 10.4 Å². The summed E-state index contributed by atoms with van der Waals surface area (Å²) in [6.07, 6.45) is 2.70. The Kier molecular flexibility index (Phi) is 4.63. The number of thiophene rings is 1. The van der Waals surface area contributed by atoms with Crippen molar-refractivity contribution < 1.29 is 9.59 Å². The molecular formula is C15H22N4O2S. The van der Waals surface area contributed by atoms with Crippen molar-refractivity contribution in [3.05, 3.63) is 21.9 Å². The van der Waals surface area contributed by atoms with Crippen molar-refractivity contribution in [3.63, 3.8) is 0 Å². The van der Waals surface area contributed by atoms with Gasteiger partial charge in [0.2, 0.25) is 5.91 Å². The highest BCUT2D eigenvalue weighted by Gasteiger charge is 2.25. The van der Waals surface area contributed by atoms with E-state index >= 15 is 0 Å². The van der Waals surface area contributed by atoms with Gasteiger partial charge in [0.15, 0.2) is 0 Å². The lowest BCUT2D eigenvalue weighted by Gasteiger charge is -2.34. The molecule has 120 valence electrons. The zero-order chi connectivity index (χ0) is 15.5. The normalized spacial score (nSPS) is 19.7. The molecule has 3 rings (SSSR count). The number of primary amides is 1. The number of piperidine rings is 1. The summed E-state index contributed by atoms with van der Waals surface area (Å²) in [6, 6.07) is 2.34. The number of amides is 3. The molecule has 6 nitrogen and oxygen atoms in total. The lowest BCUT2D eigenvalue weighted by atomic mass is 10.1. The van der Waals surface area contributed by atoms with Crippen molar-refractivity contribution in [1.82, 2.24) is 15.1 Å². The molecule has 1 fully saturated rings. The Morgan fingerprint density at radius 1 is 1.32 bits per heavy atom. The molecular weight excluding hydrogens is 300 g/mol. The Morgan fingerprint density at radius 3 is 2.82 bits per heavy atom. The van der Waals surface area contributed by atoms with Crippen molar-refractivity contribution in [3.8, 4) is 0 Å². The van der Waals surface area contributed by atoms with Crippen LogP contribution in [0.4, 0.5) is 4.79 Å². The van der Waals surface area contributed by atoms with Gasteiger partial charge in [0.1, 0.15) is 0 Å². The van der Waals surface area contributed by atoms with Crippen LogP contribution in [0.25, 0.3) is 0 Å². The van der Waals surface area contributed by atoms with E-state index in [1.807, 2.05) is 9.80 Å². The fourth-order valence-corrected chi connectivity index (χ4v) is 4.03. The maximum Gasteiger partial charge on any atom is 0.317 e. The molecule has 0 aliphatic carbocycles. The van der Waals surface area contributed by atoms with Crippen LogP contribution in [0.15, 0.2) is 11.4 Å². The maximum atomic E-state index is 12.4. The van der Waals surface area contributed by atoms with E-state index in [2.05, 4.69) is 16.8 Å². The van der Waals surface area contributed by atoms with Gasteiger partial charge in [-0.15, -0.1) is 11.3 Å². The van der Waals surface area contributed by atoms with E-state index in [-0.39, 0.29) is 18.0 Å². The minimum atomic E-state index is -0.289. The van der Waals surface area contributed by atoms with Crippen LogP contribution in [0.3, 0.4) is 0 Å². The van der Waals surface area contributed by atoms with Crippen LogP contribution in [0.1, 0.15) is 23.3 Å². The van der Waals surface area contributed by atoms with Crippen molar-refractivity contribution in [2.45, 2.75) is 31.8 Å². The SMILES string of the molecule is NC(=O)CN1CCC(NC(=O)N2CCc3sccc3C2)CC1. The first-order valence-corrected chi connectivity index (χ1v) is 8.61. The van der Waals surface area contributed by atoms with Gasteiger partial charge in [0.05, 0.1) is 6.54 Å². The van der Waals surface area contributed by atoms with Gasteiger partial charge in [0, 0.05) is 37.1 Å². The summed E-state index contributed by atoms with van der Waals surface area (Å²) in [5, 5.41) is 5.23. The molecule has 0 radical (unpaired) electrons. The van der Waals surface area contributed by atoms with Crippen molar-refractivity contribution in [2.24, 2.45) is 5.73 Å². The predicted octanol–water partition coefficient (Wildman–Crippen LogP) is 0.766. The van der Waals surface area contributed by atoms with Crippen LogP contribution in [-0.4, -0.2) is 54.0 Å². The van der Waals surface area contributed by atoms with Gasteiger partial charge in [0.25, 0.3) is 0 Å². The Labute approximate surface area is 134 Å². The molecule has 3 amide bonds. The molecule has 0 unspecified atom stereocenters. The second-order valence-electron chi connectivity index (χ2n) is 6.01. The fourth-order valence-electron chi connectivity index (χ4n) is 3.14. The Morgan fingerprint density at radius 2 is 2.09 bits per heavy atom. The number of hydrogen-bond donors (Lipinski definition) is 2. The van der Waals surface area contributed by atoms with Crippen molar-refractivity contribution in [1.29, 1.82) is 0 Å². The van der Waals surface area contributed by atoms with Gasteiger partial charge >= 0.3 is 6.03 Å². The monoisotopic (exact) mass is 322 g/mol. The van der Waals surface area contributed by atoms with Gasteiger partial charge in [-0.05, 0) is 36.3 Å². The highest BCUT2D eigenvalue weighted by molar-refractivity contribution is 7.10. The molecule has 3 heterocycles. The molecule has 1 saturated heterocycles. The van der Waals surface area contributed by atoms with Crippen LogP contribution >= 0.6 is 11.3 Å². The van der Waals surface area contributed by atoms with Gasteiger partial charge in [-0.25, -0.2) is 4.79 Å². The second kappa shape index (κ2) is 6.66. The third kappa shape index (κ3) is 3.59. The third-order valence-electron chi connectivity index (χ3n) is 4.39. The zero-order valence-corrected chi connectivity index (χ0v) is 13.4. The minimum absolute atomic E-state index is 0.0326. The van der Waals surface area contributed by atoms with Crippen LogP contribution in [-0.2, 0) is 17.8 Å². The molecule has 1 aromatic heterocycles. The number of nitrogens with one attached hydrogen (secondary N) is 1. The maximum absolute atomic E-state index is 12.4. The highest BCUT2D eigenvalue weighted by atomic mass is 32.1. The first-order chi connectivity index (χ1) is 10.6. The minimum Gasteiger partial charge on any atom is -0.369 e. The summed E-state index contributed by atoms with van der Waals surface area (Å²) in [5.74, 6) is -0.289.